The van der Waals surface area contributed by atoms with Gasteiger partial charge in [-0.3, -0.25) is 9.80 Å². The summed E-state index contributed by atoms with van der Waals surface area (Å²) in [4.78, 5) is 4.33. The molecule has 1 saturated heterocycles. The highest BCUT2D eigenvalue weighted by Crippen LogP contribution is 2.15. The fraction of sp³-hybridized carbons (Fsp3) is 0.923. The molecule has 0 N–H and O–H groups in total. The van der Waals surface area contributed by atoms with Crippen LogP contribution in [-0.4, -0.2) is 68.0 Å². The van der Waals surface area contributed by atoms with Crippen LogP contribution in [0.1, 0.15) is 27.2 Å². The number of piperazine rings is 1. The summed E-state index contributed by atoms with van der Waals surface area (Å²) >= 11 is 0. The second kappa shape index (κ2) is 6.69. The highest BCUT2D eigenvalue weighted by atomic mass is 32.2. The molecule has 0 aromatic carbocycles. The van der Waals surface area contributed by atoms with Gasteiger partial charge < -0.3 is 0 Å². The molecule has 0 aromatic rings. The van der Waals surface area contributed by atoms with Crippen molar-refractivity contribution in [2.75, 3.05) is 44.2 Å². The van der Waals surface area contributed by atoms with Gasteiger partial charge in [-0.25, -0.2) is 8.42 Å². The van der Waals surface area contributed by atoms with Crippen molar-refractivity contribution in [1.29, 1.82) is 5.26 Å². The topological polar surface area (TPSA) is 64.4 Å². The first-order valence-corrected chi connectivity index (χ1v) is 8.72. The molecule has 0 aromatic heterocycles. The number of hydrogen-bond acceptors (Lipinski definition) is 5. The van der Waals surface area contributed by atoms with Crippen molar-refractivity contribution in [3.8, 4) is 6.07 Å². The standard InChI is InChI=1S/C13H25N3O2S/c1-4-10-19(17,18)11-9-15-5-7-16(8-6-15)13(2,3)12-14/h4-11H2,1-3H3. The molecule has 6 heteroatoms. The number of nitriles is 1. The Labute approximate surface area is 117 Å². The predicted molar refractivity (Wildman–Crippen MR) is 76.6 cm³/mol. The fourth-order valence-electron chi connectivity index (χ4n) is 2.28. The van der Waals surface area contributed by atoms with E-state index in [9.17, 15) is 8.42 Å². The second-order valence-electron chi connectivity index (χ2n) is 5.65. The minimum atomic E-state index is -2.89. The second-order valence-corrected chi connectivity index (χ2v) is 7.95. The molecule has 1 fully saturated rings. The van der Waals surface area contributed by atoms with Gasteiger partial charge in [-0.15, -0.1) is 0 Å². The Morgan fingerprint density at radius 1 is 1.16 bits per heavy atom. The molecule has 0 saturated carbocycles. The maximum atomic E-state index is 11.7. The third kappa shape index (κ3) is 5.09. The van der Waals surface area contributed by atoms with Crippen molar-refractivity contribution in [3.05, 3.63) is 0 Å². The lowest BCUT2D eigenvalue weighted by molar-refractivity contribution is 0.0834. The first kappa shape index (κ1) is 16.4. The van der Waals surface area contributed by atoms with Gasteiger partial charge in [0.15, 0.2) is 9.84 Å². The van der Waals surface area contributed by atoms with E-state index >= 15 is 0 Å². The number of rotatable bonds is 6. The van der Waals surface area contributed by atoms with E-state index in [4.69, 9.17) is 5.26 Å². The van der Waals surface area contributed by atoms with Gasteiger partial charge >= 0.3 is 0 Å². The fourth-order valence-corrected chi connectivity index (χ4v) is 3.64. The highest BCUT2D eigenvalue weighted by molar-refractivity contribution is 7.91. The zero-order chi connectivity index (χ0) is 14.5. The van der Waals surface area contributed by atoms with E-state index < -0.39 is 15.4 Å². The molecular weight excluding hydrogens is 262 g/mol. The van der Waals surface area contributed by atoms with Crippen molar-refractivity contribution < 1.29 is 8.42 Å². The van der Waals surface area contributed by atoms with Crippen molar-refractivity contribution in [1.82, 2.24) is 9.80 Å². The molecule has 1 aliphatic rings. The summed E-state index contributed by atoms with van der Waals surface area (Å²) in [6, 6.07) is 2.31. The Morgan fingerprint density at radius 2 is 1.74 bits per heavy atom. The summed E-state index contributed by atoms with van der Waals surface area (Å²) < 4.78 is 23.3. The molecule has 0 amide bonds. The van der Waals surface area contributed by atoms with E-state index in [-0.39, 0.29) is 11.5 Å². The Morgan fingerprint density at radius 3 is 2.21 bits per heavy atom. The van der Waals surface area contributed by atoms with Crippen molar-refractivity contribution in [2.24, 2.45) is 0 Å². The van der Waals surface area contributed by atoms with Gasteiger partial charge in [0.05, 0.1) is 11.8 Å². The van der Waals surface area contributed by atoms with Gasteiger partial charge in [0.25, 0.3) is 0 Å². The molecule has 110 valence electrons. The molecular formula is C13H25N3O2S. The quantitative estimate of drug-likeness (QED) is 0.720. The molecule has 0 bridgehead atoms. The Kier molecular flexibility index (Phi) is 5.78. The SMILES string of the molecule is CCCS(=O)(=O)CCN1CCN(C(C)(C)C#N)CC1. The van der Waals surface area contributed by atoms with Crippen molar-refractivity contribution in [2.45, 2.75) is 32.7 Å². The normalized spacial score (nSPS) is 19.3. The average Bonchev–Trinajstić information content (AvgIpc) is 2.37. The van der Waals surface area contributed by atoms with Gasteiger partial charge in [0, 0.05) is 38.5 Å². The minimum Gasteiger partial charge on any atom is -0.300 e. The van der Waals surface area contributed by atoms with Gasteiger partial charge in [0.2, 0.25) is 0 Å². The molecule has 1 aliphatic heterocycles. The third-order valence-electron chi connectivity index (χ3n) is 3.67. The highest BCUT2D eigenvalue weighted by Gasteiger charge is 2.29. The summed E-state index contributed by atoms with van der Waals surface area (Å²) in [5, 5.41) is 9.10. The van der Waals surface area contributed by atoms with Gasteiger partial charge in [0.1, 0.15) is 5.54 Å². The van der Waals surface area contributed by atoms with E-state index in [2.05, 4.69) is 15.9 Å². The third-order valence-corrected chi connectivity index (χ3v) is 5.50. The van der Waals surface area contributed by atoms with E-state index in [0.717, 1.165) is 26.2 Å². The smallest absolute Gasteiger partial charge is 0.151 e. The summed E-state index contributed by atoms with van der Waals surface area (Å²) in [7, 11) is -2.89. The lowest BCUT2D eigenvalue weighted by Gasteiger charge is -2.40. The Hall–Kier alpha value is -0.640. The molecule has 0 unspecified atom stereocenters. The largest absolute Gasteiger partial charge is 0.300 e. The average molecular weight is 287 g/mol. The van der Waals surface area contributed by atoms with Crippen LogP contribution in [0.15, 0.2) is 0 Å². The molecule has 5 nitrogen and oxygen atoms in total. The number of sulfone groups is 1. The maximum Gasteiger partial charge on any atom is 0.151 e. The van der Waals surface area contributed by atoms with Crippen LogP contribution in [0, 0.1) is 11.3 Å². The van der Waals surface area contributed by atoms with E-state index in [0.29, 0.717) is 13.0 Å². The molecule has 19 heavy (non-hydrogen) atoms. The molecule has 1 rings (SSSR count). The summed E-state index contributed by atoms with van der Waals surface area (Å²) in [6.45, 7) is 9.69. The van der Waals surface area contributed by atoms with Crippen LogP contribution in [0.4, 0.5) is 0 Å². The van der Waals surface area contributed by atoms with E-state index in [1.165, 1.54) is 0 Å². The van der Waals surface area contributed by atoms with Gasteiger partial charge in [-0.2, -0.15) is 5.26 Å². The number of nitrogens with zero attached hydrogens (tertiary/aromatic N) is 3. The van der Waals surface area contributed by atoms with Gasteiger partial charge in [-0.05, 0) is 20.3 Å². The van der Waals surface area contributed by atoms with Crippen molar-refractivity contribution >= 4 is 9.84 Å². The van der Waals surface area contributed by atoms with Gasteiger partial charge in [-0.1, -0.05) is 6.92 Å². The lowest BCUT2D eigenvalue weighted by Crippen LogP contribution is -2.54. The van der Waals surface area contributed by atoms with Crippen LogP contribution in [0.25, 0.3) is 0 Å². The zero-order valence-electron chi connectivity index (χ0n) is 12.2. The first-order valence-electron chi connectivity index (χ1n) is 6.90. The monoisotopic (exact) mass is 287 g/mol. The molecule has 0 atom stereocenters. The number of hydrogen-bond donors (Lipinski definition) is 0. The maximum absolute atomic E-state index is 11.7. The Balaban J connectivity index is 2.38. The van der Waals surface area contributed by atoms with E-state index in [1.807, 2.05) is 20.8 Å². The van der Waals surface area contributed by atoms with Crippen LogP contribution < -0.4 is 0 Å². The molecule has 1 heterocycles. The zero-order valence-corrected chi connectivity index (χ0v) is 13.0. The summed E-state index contributed by atoms with van der Waals surface area (Å²) in [5.41, 5.74) is -0.430. The first-order chi connectivity index (χ1) is 8.80. The van der Waals surface area contributed by atoms with Crippen LogP contribution in [0.2, 0.25) is 0 Å². The van der Waals surface area contributed by atoms with Crippen molar-refractivity contribution in [3.63, 3.8) is 0 Å². The Bertz CT molecular complexity index is 418. The van der Waals surface area contributed by atoms with Crippen LogP contribution in [-0.2, 0) is 9.84 Å². The van der Waals surface area contributed by atoms with Crippen LogP contribution in [0.5, 0.6) is 0 Å². The predicted octanol–water partition coefficient (Wildman–Crippen LogP) is 0.731. The lowest BCUT2D eigenvalue weighted by atomic mass is 10.0. The van der Waals surface area contributed by atoms with Crippen LogP contribution in [0.3, 0.4) is 0 Å². The summed E-state index contributed by atoms with van der Waals surface area (Å²) in [6.07, 6.45) is 0.687. The molecule has 0 aliphatic carbocycles. The minimum absolute atomic E-state index is 0.252. The van der Waals surface area contributed by atoms with Crippen LogP contribution >= 0.6 is 0 Å². The molecule has 0 spiro atoms. The summed E-state index contributed by atoms with van der Waals surface area (Å²) in [5.74, 6) is 0.539. The molecule has 0 radical (unpaired) electrons. The van der Waals surface area contributed by atoms with E-state index in [1.54, 1.807) is 0 Å².